The van der Waals surface area contributed by atoms with Crippen LogP contribution in [0.25, 0.3) is 21.8 Å². The number of benzene rings is 4. The van der Waals surface area contributed by atoms with Crippen molar-refractivity contribution in [2.75, 3.05) is 0 Å². The van der Waals surface area contributed by atoms with Gasteiger partial charge in [0, 0.05) is 46.5 Å². The molecule has 176 valence electrons. The maximum absolute atomic E-state index is 14.0. The Morgan fingerprint density at radius 1 is 0.583 bits per heavy atom. The first-order valence-electron chi connectivity index (χ1n) is 12.5. The van der Waals surface area contributed by atoms with Gasteiger partial charge >= 0.3 is 0 Å². The summed E-state index contributed by atoms with van der Waals surface area (Å²) in [7, 11) is 0. The van der Waals surface area contributed by atoms with Gasteiger partial charge < -0.3 is 9.97 Å². The van der Waals surface area contributed by atoms with E-state index < -0.39 is 0 Å². The second-order valence-corrected chi connectivity index (χ2v) is 9.39. The zero-order chi connectivity index (χ0) is 24.3. The van der Waals surface area contributed by atoms with Crippen LogP contribution in [-0.2, 0) is 4.79 Å². The molecule has 0 fully saturated rings. The molecule has 0 aliphatic heterocycles. The van der Waals surface area contributed by atoms with E-state index >= 15 is 0 Å². The van der Waals surface area contributed by atoms with E-state index in [9.17, 15) is 4.79 Å². The number of ketones is 1. The first kappa shape index (κ1) is 22.1. The van der Waals surface area contributed by atoms with Crippen LogP contribution in [0.1, 0.15) is 46.9 Å². The minimum Gasteiger partial charge on any atom is -0.361 e. The minimum absolute atomic E-state index is 0.130. The smallest absolute Gasteiger partial charge is 0.144 e. The van der Waals surface area contributed by atoms with Gasteiger partial charge in [0.05, 0.1) is 5.92 Å². The summed E-state index contributed by atoms with van der Waals surface area (Å²) in [4.78, 5) is 20.8. The van der Waals surface area contributed by atoms with Gasteiger partial charge in [-0.3, -0.25) is 4.79 Å². The Morgan fingerprint density at radius 3 is 1.72 bits per heavy atom. The van der Waals surface area contributed by atoms with Crippen LogP contribution in [0, 0.1) is 0 Å². The summed E-state index contributed by atoms with van der Waals surface area (Å²) in [6, 6.07) is 37.3. The minimum atomic E-state index is -0.304. The van der Waals surface area contributed by atoms with Gasteiger partial charge in [-0.15, -0.1) is 0 Å². The number of rotatable bonds is 8. The molecule has 6 rings (SSSR count). The monoisotopic (exact) mass is 468 g/mol. The Kier molecular flexibility index (Phi) is 5.96. The van der Waals surface area contributed by atoms with Crippen LogP contribution in [-0.4, -0.2) is 15.8 Å². The lowest BCUT2D eigenvalue weighted by Crippen LogP contribution is -2.15. The highest BCUT2D eigenvalue weighted by Gasteiger charge is 2.27. The summed E-state index contributed by atoms with van der Waals surface area (Å²) >= 11 is 0. The van der Waals surface area contributed by atoms with E-state index in [0.717, 1.165) is 34.0 Å². The molecule has 2 unspecified atom stereocenters. The third-order valence-corrected chi connectivity index (χ3v) is 7.27. The van der Waals surface area contributed by atoms with Crippen LogP contribution in [0.4, 0.5) is 0 Å². The molecule has 3 heteroatoms. The molecule has 0 bridgehead atoms. The normalized spacial score (nSPS) is 13.1. The lowest BCUT2D eigenvalue weighted by Gasteiger charge is -2.20. The number of nitrogens with one attached hydrogen (secondary N) is 2. The topological polar surface area (TPSA) is 48.6 Å². The van der Waals surface area contributed by atoms with Gasteiger partial charge in [-0.05, 0) is 40.8 Å². The van der Waals surface area contributed by atoms with Gasteiger partial charge in [-0.1, -0.05) is 97.1 Å². The summed E-state index contributed by atoms with van der Waals surface area (Å²) in [5.74, 6) is 0.0687. The SMILES string of the molecule is O=C(CCC(c1ccccc1)c1c[nH]c2ccccc12)C(c1ccccc1)c1c[nH]c2ccccc12. The largest absolute Gasteiger partial charge is 0.361 e. The van der Waals surface area contributed by atoms with E-state index in [-0.39, 0.29) is 17.6 Å². The van der Waals surface area contributed by atoms with Gasteiger partial charge in [0.15, 0.2) is 0 Å². The molecule has 2 aromatic heterocycles. The fraction of sp³-hybridized carbons (Fsp3) is 0.121. The van der Waals surface area contributed by atoms with E-state index in [1.54, 1.807) is 0 Å². The van der Waals surface area contributed by atoms with Crippen LogP contribution in [0.5, 0.6) is 0 Å². The third kappa shape index (κ3) is 4.14. The Labute approximate surface area is 210 Å². The van der Waals surface area contributed by atoms with Crippen molar-refractivity contribution in [3.05, 3.63) is 144 Å². The molecule has 4 aromatic carbocycles. The molecule has 3 nitrogen and oxygen atoms in total. The van der Waals surface area contributed by atoms with Crippen molar-refractivity contribution < 1.29 is 4.79 Å². The molecule has 0 radical (unpaired) electrons. The van der Waals surface area contributed by atoms with Gasteiger partial charge in [0.1, 0.15) is 5.78 Å². The van der Waals surface area contributed by atoms with Crippen molar-refractivity contribution in [3.63, 3.8) is 0 Å². The third-order valence-electron chi connectivity index (χ3n) is 7.27. The van der Waals surface area contributed by atoms with Crippen molar-refractivity contribution in [1.82, 2.24) is 9.97 Å². The molecular formula is C33H28N2O. The second kappa shape index (κ2) is 9.71. The fourth-order valence-corrected chi connectivity index (χ4v) is 5.52. The molecule has 0 spiro atoms. The maximum atomic E-state index is 14.0. The van der Waals surface area contributed by atoms with Crippen LogP contribution in [0.2, 0.25) is 0 Å². The molecule has 2 heterocycles. The standard InChI is InChI=1S/C33H28N2O/c36-32(33(24-13-5-2-6-14-24)29-22-35-31-18-10-8-16-27(29)31)20-19-25(23-11-3-1-4-12-23)28-21-34-30-17-9-7-15-26(28)30/h1-18,21-22,25,33-35H,19-20H2. The van der Waals surface area contributed by atoms with Crippen molar-refractivity contribution >= 4 is 27.6 Å². The highest BCUT2D eigenvalue weighted by Crippen LogP contribution is 2.37. The molecule has 2 N–H and O–H groups in total. The number of aromatic amines is 2. The quantitative estimate of drug-likeness (QED) is 0.234. The van der Waals surface area contributed by atoms with Crippen molar-refractivity contribution in [2.24, 2.45) is 0 Å². The Morgan fingerprint density at radius 2 is 1.08 bits per heavy atom. The van der Waals surface area contributed by atoms with E-state index in [1.807, 2.05) is 42.6 Å². The summed E-state index contributed by atoms with van der Waals surface area (Å²) < 4.78 is 0. The number of para-hydroxylation sites is 2. The number of aromatic nitrogens is 2. The number of carbonyl (C=O) groups excluding carboxylic acids is 1. The highest BCUT2D eigenvalue weighted by molar-refractivity contribution is 5.95. The number of Topliss-reactive ketones (excluding diaryl/α,β-unsaturated/α-hetero) is 1. The van der Waals surface area contributed by atoms with Crippen molar-refractivity contribution in [3.8, 4) is 0 Å². The molecule has 0 aliphatic carbocycles. The highest BCUT2D eigenvalue weighted by atomic mass is 16.1. The van der Waals surface area contributed by atoms with E-state index in [1.165, 1.54) is 16.5 Å². The van der Waals surface area contributed by atoms with Gasteiger partial charge in [-0.25, -0.2) is 0 Å². The average Bonchev–Trinajstić information content (AvgIpc) is 3.55. The zero-order valence-corrected chi connectivity index (χ0v) is 20.0. The predicted molar refractivity (Wildman–Crippen MR) is 147 cm³/mol. The molecular weight excluding hydrogens is 440 g/mol. The van der Waals surface area contributed by atoms with Crippen LogP contribution < -0.4 is 0 Å². The first-order valence-corrected chi connectivity index (χ1v) is 12.5. The van der Waals surface area contributed by atoms with E-state index in [0.29, 0.717) is 6.42 Å². The second-order valence-electron chi connectivity index (χ2n) is 9.39. The fourth-order valence-electron chi connectivity index (χ4n) is 5.52. The summed E-state index contributed by atoms with van der Waals surface area (Å²) in [5.41, 5.74) is 6.75. The Bertz CT molecular complexity index is 1610. The molecule has 2 atom stereocenters. The lowest BCUT2D eigenvalue weighted by atomic mass is 9.82. The molecule has 0 saturated heterocycles. The van der Waals surface area contributed by atoms with Crippen LogP contribution in [0.3, 0.4) is 0 Å². The van der Waals surface area contributed by atoms with E-state index in [4.69, 9.17) is 0 Å². The van der Waals surface area contributed by atoms with Gasteiger partial charge in [-0.2, -0.15) is 0 Å². The first-order chi connectivity index (χ1) is 17.8. The average molecular weight is 469 g/mol. The Balaban J connectivity index is 1.36. The molecule has 0 aliphatic rings. The number of fused-ring (bicyclic) bond motifs is 2. The molecule has 6 aromatic rings. The summed E-state index contributed by atoms with van der Waals surface area (Å²) in [6.07, 6.45) is 5.35. The molecule has 0 saturated carbocycles. The Hall–Kier alpha value is -4.37. The summed E-state index contributed by atoms with van der Waals surface area (Å²) in [5, 5.41) is 2.32. The molecule has 36 heavy (non-hydrogen) atoms. The number of hydrogen-bond acceptors (Lipinski definition) is 1. The predicted octanol–water partition coefficient (Wildman–Crippen LogP) is 7.96. The van der Waals surface area contributed by atoms with Gasteiger partial charge in [0.2, 0.25) is 0 Å². The lowest BCUT2D eigenvalue weighted by molar-refractivity contribution is -0.119. The van der Waals surface area contributed by atoms with E-state index in [2.05, 4.69) is 89.0 Å². The van der Waals surface area contributed by atoms with Crippen molar-refractivity contribution in [2.45, 2.75) is 24.7 Å². The van der Waals surface area contributed by atoms with Gasteiger partial charge in [0.25, 0.3) is 0 Å². The van der Waals surface area contributed by atoms with Crippen LogP contribution in [0.15, 0.2) is 122 Å². The maximum Gasteiger partial charge on any atom is 0.144 e. The van der Waals surface area contributed by atoms with Crippen molar-refractivity contribution in [1.29, 1.82) is 0 Å². The molecule has 0 amide bonds. The number of hydrogen-bond donors (Lipinski definition) is 2. The number of carbonyl (C=O) groups is 1. The van der Waals surface area contributed by atoms with Crippen LogP contribution >= 0.6 is 0 Å². The number of H-pyrrole nitrogens is 2. The zero-order valence-electron chi connectivity index (χ0n) is 20.0. The summed E-state index contributed by atoms with van der Waals surface area (Å²) in [6.45, 7) is 0.